The van der Waals surface area contributed by atoms with Gasteiger partial charge in [0.2, 0.25) is 10.0 Å². The fraction of sp³-hybridized carbons (Fsp3) is 0.455. The van der Waals surface area contributed by atoms with E-state index in [1.165, 1.54) is 4.31 Å². The second kappa shape index (κ2) is 4.64. The van der Waals surface area contributed by atoms with Crippen LogP contribution in [0.15, 0.2) is 24.3 Å². The molecule has 6 heteroatoms. The van der Waals surface area contributed by atoms with E-state index in [-0.39, 0.29) is 18.3 Å². The van der Waals surface area contributed by atoms with Crippen molar-refractivity contribution in [1.82, 2.24) is 4.31 Å². The van der Waals surface area contributed by atoms with E-state index in [1.54, 1.807) is 24.3 Å². The minimum atomic E-state index is -3.27. The Morgan fingerprint density at radius 3 is 2.71 bits per heavy atom. The summed E-state index contributed by atoms with van der Waals surface area (Å²) in [5, 5.41) is 8.86. The average Bonchev–Trinajstić information content (AvgIpc) is 2.14. The molecule has 1 heterocycles. The summed E-state index contributed by atoms with van der Waals surface area (Å²) in [5.74, 6) is 0.0570. The van der Waals surface area contributed by atoms with Crippen LogP contribution in [0.4, 0.5) is 5.69 Å². The Bertz CT molecular complexity index is 495. The van der Waals surface area contributed by atoms with Crippen LogP contribution in [-0.4, -0.2) is 37.5 Å². The number of nitrogens with zero attached hydrogens (tertiary/aromatic N) is 1. The molecule has 1 aromatic carbocycles. The second-order valence-corrected chi connectivity index (χ2v) is 6.34. The maximum Gasteiger partial charge on any atom is 0.218 e. The van der Waals surface area contributed by atoms with Crippen molar-refractivity contribution in [2.24, 2.45) is 5.92 Å². The van der Waals surface area contributed by atoms with Gasteiger partial charge in [0.05, 0.1) is 5.75 Å². The van der Waals surface area contributed by atoms with Gasteiger partial charge in [0.1, 0.15) is 0 Å². The van der Waals surface area contributed by atoms with Crippen LogP contribution in [0.5, 0.6) is 0 Å². The van der Waals surface area contributed by atoms with Crippen LogP contribution >= 0.6 is 0 Å². The summed E-state index contributed by atoms with van der Waals surface area (Å²) in [4.78, 5) is 0. The first-order chi connectivity index (χ1) is 8.01. The van der Waals surface area contributed by atoms with Crippen LogP contribution in [0.2, 0.25) is 0 Å². The Labute approximate surface area is 101 Å². The molecule has 0 saturated carbocycles. The van der Waals surface area contributed by atoms with Crippen LogP contribution in [0, 0.1) is 5.92 Å². The predicted molar refractivity (Wildman–Crippen MR) is 65.6 cm³/mol. The molecule has 17 heavy (non-hydrogen) atoms. The highest BCUT2D eigenvalue weighted by Crippen LogP contribution is 2.22. The number of hydrogen-bond donors (Lipinski definition) is 2. The van der Waals surface area contributed by atoms with Gasteiger partial charge < -0.3 is 10.8 Å². The highest BCUT2D eigenvalue weighted by Gasteiger charge is 2.34. The first-order valence-corrected chi connectivity index (χ1v) is 7.05. The van der Waals surface area contributed by atoms with Gasteiger partial charge in [-0.05, 0) is 17.7 Å². The first-order valence-electron chi connectivity index (χ1n) is 5.44. The van der Waals surface area contributed by atoms with E-state index >= 15 is 0 Å². The van der Waals surface area contributed by atoms with Crippen molar-refractivity contribution in [1.29, 1.82) is 0 Å². The Hall–Kier alpha value is -1.11. The number of nitrogen functional groups attached to an aromatic ring is 1. The summed E-state index contributed by atoms with van der Waals surface area (Å²) in [7, 11) is -3.27. The SMILES string of the molecule is Nc1cccc(CS(=O)(=O)N2CC(CO)C2)c1. The van der Waals surface area contributed by atoms with Gasteiger partial charge in [-0.1, -0.05) is 12.1 Å². The van der Waals surface area contributed by atoms with E-state index in [2.05, 4.69) is 0 Å². The summed E-state index contributed by atoms with van der Waals surface area (Å²) < 4.78 is 25.3. The van der Waals surface area contributed by atoms with E-state index in [1.807, 2.05) is 0 Å². The molecule has 0 aromatic heterocycles. The zero-order valence-corrected chi connectivity index (χ0v) is 10.2. The summed E-state index contributed by atoms with van der Waals surface area (Å²) in [6.07, 6.45) is 0. The normalized spacial score (nSPS) is 17.9. The first kappa shape index (κ1) is 12.3. The van der Waals surface area contributed by atoms with Crippen LogP contribution < -0.4 is 5.73 Å². The zero-order valence-electron chi connectivity index (χ0n) is 9.41. The molecule has 1 aliphatic heterocycles. The fourth-order valence-corrected chi connectivity index (χ4v) is 3.51. The molecule has 1 aliphatic rings. The van der Waals surface area contributed by atoms with Gasteiger partial charge in [-0.3, -0.25) is 0 Å². The average molecular weight is 256 g/mol. The quantitative estimate of drug-likeness (QED) is 0.744. The number of aliphatic hydroxyl groups excluding tert-OH is 1. The lowest BCUT2D eigenvalue weighted by Crippen LogP contribution is -2.51. The van der Waals surface area contributed by atoms with Gasteiger partial charge in [-0.2, -0.15) is 0 Å². The Balaban J connectivity index is 2.03. The Morgan fingerprint density at radius 1 is 1.41 bits per heavy atom. The number of hydrogen-bond acceptors (Lipinski definition) is 4. The molecular weight excluding hydrogens is 240 g/mol. The van der Waals surface area contributed by atoms with E-state index < -0.39 is 10.0 Å². The molecule has 3 N–H and O–H groups in total. The van der Waals surface area contributed by atoms with Crippen LogP contribution in [0.3, 0.4) is 0 Å². The van der Waals surface area contributed by atoms with Crippen LogP contribution in [0.25, 0.3) is 0 Å². The molecule has 0 bridgehead atoms. The van der Waals surface area contributed by atoms with Crippen molar-refractivity contribution < 1.29 is 13.5 Å². The van der Waals surface area contributed by atoms with Crippen LogP contribution in [-0.2, 0) is 15.8 Å². The van der Waals surface area contributed by atoms with Crippen LogP contribution in [0.1, 0.15) is 5.56 Å². The van der Waals surface area contributed by atoms with E-state index in [0.717, 1.165) is 0 Å². The van der Waals surface area contributed by atoms with Crippen molar-refractivity contribution in [3.05, 3.63) is 29.8 Å². The maximum atomic E-state index is 12.0. The van der Waals surface area contributed by atoms with E-state index in [9.17, 15) is 8.42 Å². The largest absolute Gasteiger partial charge is 0.399 e. The topological polar surface area (TPSA) is 83.6 Å². The lowest BCUT2D eigenvalue weighted by Gasteiger charge is -2.36. The molecule has 0 radical (unpaired) electrons. The van der Waals surface area contributed by atoms with Crippen molar-refractivity contribution in [3.63, 3.8) is 0 Å². The second-order valence-electron chi connectivity index (χ2n) is 4.37. The molecule has 0 amide bonds. The molecule has 0 spiro atoms. The monoisotopic (exact) mass is 256 g/mol. The van der Waals surface area contributed by atoms with Gasteiger partial charge in [0.25, 0.3) is 0 Å². The summed E-state index contributed by atoms with van der Waals surface area (Å²) in [6.45, 7) is 0.882. The smallest absolute Gasteiger partial charge is 0.218 e. The molecule has 0 unspecified atom stereocenters. The minimum Gasteiger partial charge on any atom is -0.399 e. The highest BCUT2D eigenvalue weighted by atomic mass is 32.2. The van der Waals surface area contributed by atoms with Gasteiger partial charge in [-0.15, -0.1) is 0 Å². The molecule has 0 atom stereocenters. The van der Waals surface area contributed by atoms with Crippen molar-refractivity contribution >= 4 is 15.7 Å². The predicted octanol–water partition coefficient (Wildman–Crippen LogP) is 0.0227. The van der Waals surface area contributed by atoms with Crippen molar-refractivity contribution in [3.8, 4) is 0 Å². The van der Waals surface area contributed by atoms with Gasteiger partial charge in [0, 0.05) is 31.3 Å². The number of nitrogens with two attached hydrogens (primary N) is 1. The highest BCUT2D eigenvalue weighted by molar-refractivity contribution is 7.88. The third-order valence-corrected chi connectivity index (χ3v) is 4.66. The zero-order chi connectivity index (χ0) is 12.5. The van der Waals surface area contributed by atoms with Gasteiger partial charge >= 0.3 is 0 Å². The molecule has 94 valence electrons. The van der Waals surface area contributed by atoms with E-state index in [4.69, 9.17) is 10.8 Å². The number of anilines is 1. The molecule has 1 saturated heterocycles. The van der Waals surface area contributed by atoms with Gasteiger partial charge in [0.15, 0.2) is 0 Å². The third kappa shape index (κ3) is 2.77. The summed E-state index contributed by atoms with van der Waals surface area (Å²) in [5.41, 5.74) is 6.86. The van der Waals surface area contributed by atoms with Crippen molar-refractivity contribution in [2.75, 3.05) is 25.4 Å². The molecule has 2 rings (SSSR count). The maximum absolute atomic E-state index is 12.0. The molecule has 1 aromatic rings. The minimum absolute atomic E-state index is 0.0316. The van der Waals surface area contributed by atoms with Crippen molar-refractivity contribution in [2.45, 2.75) is 5.75 Å². The van der Waals surface area contributed by atoms with E-state index in [0.29, 0.717) is 24.3 Å². The standard InChI is InChI=1S/C11H16N2O3S/c12-11-3-1-2-9(4-11)8-17(15,16)13-5-10(6-13)7-14/h1-4,10,14H,5-8,12H2. The summed E-state index contributed by atoms with van der Waals surface area (Å²) in [6, 6.07) is 6.88. The molecular formula is C11H16N2O3S. The number of sulfonamides is 1. The lowest BCUT2D eigenvalue weighted by atomic mass is 10.1. The Kier molecular flexibility index (Phi) is 3.37. The third-order valence-electron chi connectivity index (χ3n) is 2.88. The number of rotatable bonds is 4. The lowest BCUT2D eigenvalue weighted by molar-refractivity contribution is 0.117. The molecule has 0 aliphatic carbocycles. The van der Waals surface area contributed by atoms with Gasteiger partial charge in [-0.25, -0.2) is 12.7 Å². The number of benzene rings is 1. The Morgan fingerprint density at radius 2 is 2.12 bits per heavy atom. The summed E-state index contributed by atoms with van der Waals surface area (Å²) >= 11 is 0. The molecule has 1 fully saturated rings. The molecule has 5 nitrogen and oxygen atoms in total. The number of aliphatic hydroxyl groups is 1. The fourth-order valence-electron chi connectivity index (χ4n) is 1.85.